The molecule has 0 N–H and O–H groups in total. The molecule has 0 radical (unpaired) electrons. The lowest BCUT2D eigenvalue weighted by atomic mass is 9.92. The summed E-state index contributed by atoms with van der Waals surface area (Å²) < 4.78 is 0. The fourth-order valence-electron chi connectivity index (χ4n) is 4.21. The van der Waals surface area contributed by atoms with Crippen LogP contribution in [-0.4, -0.2) is 54.8 Å². The number of piperazine rings is 1. The molecule has 1 aliphatic heterocycles. The van der Waals surface area contributed by atoms with Crippen molar-refractivity contribution in [3.8, 4) is 0 Å². The number of nitrogens with zero attached hydrogens (tertiary/aromatic N) is 3. The molecule has 4 heteroatoms. The summed E-state index contributed by atoms with van der Waals surface area (Å²) in [5.74, 6) is 0. The Bertz CT molecular complexity index is 633. The van der Waals surface area contributed by atoms with Crippen LogP contribution in [0, 0.1) is 0 Å². The zero-order chi connectivity index (χ0) is 20.2. The van der Waals surface area contributed by atoms with E-state index >= 15 is 0 Å². The smallest absolute Gasteiger partial charge is 0.118 e. The first kappa shape index (κ1) is 22.0. The highest BCUT2D eigenvalue weighted by Gasteiger charge is 2.17. The molecule has 1 aromatic carbocycles. The predicted molar refractivity (Wildman–Crippen MR) is 122 cm³/mol. The zero-order valence-electron chi connectivity index (χ0n) is 18.3. The molecule has 29 heavy (non-hydrogen) atoms. The minimum Gasteiger partial charge on any atom is -0.396 e. The average molecular weight is 398 g/mol. The highest BCUT2D eigenvalue weighted by molar-refractivity contribution is 6.00. The van der Waals surface area contributed by atoms with E-state index in [1.165, 1.54) is 55.4 Å². The number of oxime groups is 1. The molecule has 4 nitrogen and oxygen atoms in total. The van der Waals surface area contributed by atoms with E-state index < -0.39 is 0 Å². The van der Waals surface area contributed by atoms with Crippen LogP contribution in [0.1, 0.15) is 63.9 Å². The van der Waals surface area contributed by atoms with Gasteiger partial charge in [-0.1, -0.05) is 61.3 Å². The SMILES string of the molecule is CCCCC=C1CCCCC1=NOCCCN1CCN(Cc2ccccc2)CC1. The average Bonchev–Trinajstić information content (AvgIpc) is 2.76. The molecule has 0 amide bonds. The Hall–Kier alpha value is -1.65. The van der Waals surface area contributed by atoms with E-state index in [-0.39, 0.29) is 0 Å². The first-order chi connectivity index (χ1) is 14.3. The quantitative estimate of drug-likeness (QED) is 0.398. The van der Waals surface area contributed by atoms with Crippen molar-refractivity contribution < 1.29 is 4.84 Å². The number of allylic oxidation sites excluding steroid dienone is 2. The lowest BCUT2D eigenvalue weighted by molar-refractivity contribution is 0.0999. The van der Waals surface area contributed by atoms with Gasteiger partial charge in [0.2, 0.25) is 0 Å². The molecule has 2 aliphatic rings. The van der Waals surface area contributed by atoms with Crippen molar-refractivity contribution in [2.75, 3.05) is 39.3 Å². The highest BCUT2D eigenvalue weighted by atomic mass is 16.6. The van der Waals surface area contributed by atoms with Crippen LogP contribution in [0.2, 0.25) is 0 Å². The van der Waals surface area contributed by atoms with Gasteiger partial charge in [-0.2, -0.15) is 0 Å². The Kier molecular flexibility index (Phi) is 9.74. The Morgan fingerprint density at radius 3 is 2.52 bits per heavy atom. The van der Waals surface area contributed by atoms with Crippen molar-refractivity contribution in [3.05, 3.63) is 47.5 Å². The van der Waals surface area contributed by atoms with Gasteiger partial charge in [-0.15, -0.1) is 0 Å². The topological polar surface area (TPSA) is 28.1 Å². The summed E-state index contributed by atoms with van der Waals surface area (Å²) in [5.41, 5.74) is 4.07. The second kappa shape index (κ2) is 12.8. The molecule has 1 heterocycles. The van der Waals surface area contributed by atoms with Gasteiger partial charge in [-0.25, -0.2) is 0 Å². The fourth-order valence-corrected chi connectivity index (χ4v) is 4.21. The van der Waals surface area contributed by atoms with E-state index in [0.29, 0.717) is 0 Å². The number of unbranched alkanes of at least 4 members (excludes halogenated alkanes) is 2. The van der Waals surface area contributed by atoms with Crippen LogP contribution in [0.25, 0.3) is 0 Å². The molecular formula is C25H39N3O. The molecule has 0 bridgehead atoms. The lowest BCUT2D eigenvalue weighted by Crippen LogP contribution is -2.46. The van der Waals surface area contributed by atoms with Gasteiger partial charge in [0.1, 0.15) is 6.61 Å². The van der Waals surface area contributed by atoms with Gasteiger partial charge in [0, 0.05) is 39.3 Å². The first-order valence-corrected chi connectivity index (χ1v) is 11.7. The summed E-state index contributed by atoms with van der Waals surface area (Å²) in [6.07, 6.45) is 12.0. The monoisotopic (exact) mass is 397 g/mol. The minimum atomic E-state index is 0.732. The number of rotatable bonds is 10. The second-order valence-corrected chi connectivity index (χ2v) is 8.41. The van der Waals surface area contributed by atoms with Crippen LogP contribution in [0.3, 0.4) is 0 Å². The molecule has 160 valence electrons. The Balaban J connectivity index is 1.30. The Morgan fingerprint density at radius 1 is 0.966 bits per heavy atom. The van der Waals surface area contributed by atoms with Crippen LogP contribution in [0.5, 0.6) is 0 Å². The summed E-state index contributed by atoms with van der Waals surface area (Å²) in [5, 5.41) is 4.51. The van der Waals surface area contributed by atoms with E-state index in [1.54, 1.807) is 0 Å². The van der Waals surface area contributed by atoms with Gasteiger partial charge in [0.15, 0.2) is 0 Å². The molecule has 1 saturated heterocycles. The van der Waals surface area contributed by atoms with Gasteiger partial charge in [0.05, 0.1) is 5.71 Å². The molecule has 3 rings (SSSR count). The van der Waals surface area contributed by atoms with Crippen molar-refractivity contribution in [2.45, 2.75) is 64.8 Å². The molecule has 1 aliphatic carbocycles. The van der Waals surface area contributed by atoms with E-state index in [2.05, 4.69) is 58.3 Å². The Morgan fingerprint density at radius 2 is 1.72 bits per heavy atom. The summed E-state index contributed by atoms with van der Waals surface area (Å²) in [7, 11) is 0. The largest absolute Gasteiger partial charge is 0.396 e. The molecular weight excluding hydrogens is 358 g/mol. The third-order valence-corrected chi connectivity index (χ3v) is 6.03. The summed E-state index contributed by atoms with van der Waals surface area (Å²) in [6, 6.07) is 10.8. The molecule has 0 atom stereocenters. The van der Waals surface area contributed by atoms with E-state index in [9.17, 15) is 0 Å². The van der Waals surface area contributed by atoms with E-state index in [0.717, 1.165) is 58.7 Å². The van der Waals surface area contributed by atoms with Gasteiger partial charge >= 0.3 is 0 Å². The van der Waals surface area contributed by atoms with E-state index in [1.807, 2.05) is 0 Å². The van der Waals surface area contributed by atoms with Gasteiger partial charge in [-0.05, 0) is 49.7 Å². The van der Waals surface area contributed by atoms with Gasteiger partial charge in [-0.3, -0.25) is 4.90 Å². The highest BCUT2D eigenvalue weighted by Crippen LogP contribution is 2.22. The normalized spacial score (nSPS) is 21.7. The summed E-state index contributed by atoms with van der Waals surface area (Å²) in [4.78, 5) is 10.8. The third-order valence-electron chi connectivity index (χ3n) is 6.03. The number of benzene rings is 1. The predicted octanol–water partition coefficient (Wildman–Crippen LogP) is 5.26. The van der Waals surface area contributed by atoms with Crippen molar-refractivity contribution in [2.24, 2.45) is 5.16 Å². The van der Waals surface area contributed by atoms with Crippen molar-refractivity contribution in [1.29, 1.82) is 0 Å². The lowest BCUT2D eigenvalue weighted by Gasteiger charge is -2.34. The molecule has 0 aromatic heterocycles. The fraction of sp³-hybridized carbons (Fsp3) is 0.640. The second-order valence-electron chi connectivity index (χ2n) is 8.41. The van der Waals surface area contributed by atoms with Crippen molar-refractivity contribution in [3.63, 3.8) is 0 Å². The van der Waals surface area contributed by atoms with Crippen LogP contribution >= 0.6 is 0 Å². The zero-order valence-corrected chi connectivity index (χ0v) is 18.3. The van der Waals surface area contributed by atoms with Crippen molar-refractivity contribution in [1.82, 2.24) is 9.80 Å². The molecule has 0 spiro atoms. The van der Waals surface area contributed by atoms with Crippen LogP contribution in [0.15, 0.2) is 47.1 Å². The molecule has 0 unspecified atom stereocenters. The van der Waals surface area contributed by atoms with E-state index in [4.69, 9.17) is 4.84 Å². The summed E-state index contributed by atoms with van der Waals surface area (Å²) >= 11 is 0. The first-order valence-electron chi connectivity index (χ1n) is 11.7. The van der Waals surface area contributed by atoms with Crippen LogP contribution in [-0.2, 0) is 11.4 Å². The Labute approximate surface area is 177 Å². The third kappa shape index (κ3) is 7.94. The standard InChI is InChI=1S/C25H39N3O/c1-2-3-5-13-24-14-8-9-15-25(24)26-29-21-10-16-27-17-19-28(20-18-27)22-23-11-6-4-7-12-23/h4,6-7,11-13H,2-3,5,8-10,14-22H2,1H3. The molecule has 1 aromatic rings. The summed E-state index contributed by atoms with van der Waals surface area (Å²) in [6.45, 7) is 9.80. The number of hydrogen-bond donors (Lipinski definition) is 0. The molecule has 2 fully saturated rings. The van der Waals surface area contributed by atoms with Crippen LogP contribution < -0.4 is 0 Å². The number of hydrogen-bond acceptors (Lipinski definition) is 4. The molecule has 1 saturated carbocycles. The minimum absolute atomic E-state index is 0.732. The van der Waals surface area contributed by atoms with Crippen molar-refractivity contribution >= 4 is 5.71 Å². The maximum atomic E-state index is 5.71. The van der Waals surface area contributed by atoms with Crippen LogP contribution in [0.4, 0.5) is 0 Å². The van der Waals surface area contributed by atoms with Gasteiger partial charge < -0.3 is 9.74 Å². The van der Waals surface area contributed by atoms with Gasteiger partial charge in [0.25, 0.3) is 0 Å². The maximum absolute atomic E-state index is 5.71. The maximum Gasteiger partial charge on any atom is 0.118 e.